The topological polar surface area (TPSA) is 0 Å². The van der Waals surface area contributed by atoms with Crippen molar-refractivity contribution >= 4 is 0 Å². The second-order valence-corrected chi connectivity index (χ2v) is 9.01. The van der Waals surface area contributed by atoms with Gasteiger partial charge < -0.3 is 0 Å². The maximum Gasteiger partial charge on any atom is -0.0351 e. The first kappa shape index (κ1) is 26.7. The smallest absolute Gasteiger partial charge is 0.0351 e. The second kappa shape index (κ2) is 22.0. The average Bonchev–Trinajstić information content (AvgIpc) is 2.66. The molecule has 0 amide bonds. The van der Waals surface area contributed by atoms with Gasteiger partial charge in [0.2, 0.25) is 0 Å². The van der Waals surface area contributed by atoms with Crippen LogP contribution in [0.4, 0.5) is 0 Å². The van der Waals surface area contributed by atoms with Crippen LogP contribution < -0.4 is 0 Å². The lowest BCUT2D eigenvalue weighted by Crippen LogP contribution is -1.96. The molecule has 0 spiro atoms. The Labute approximate surface area is 174 Å². The molecule has 0 nitrogen and oxygen atoms in total. The van der Waals surface area contributed by atoms with Crippen LogP contribution in [0.25, 0.3) is 0 Å². The zero-order valence-electron chi connectivity index (χ0n) is 19.2. The van der Waals surface area contributed by atoms with Gasteiger partial charge in [0.1, 0.15) is 0 Å². The van der Waals surface area contributed by atoms with Gasteiger partial charge in [0.15, 0.2) is 0 Å². The average molecular weight is 377 g/mol. The molecular formula is C27H52. The fourth-order valence-corrected chi connectivity index (χ4v) is 4.00. The van der Waals surface area contributed by atoms with Crippen LogP contribution in [0, 0.1) is 25.7 Å². The van der Waals surface area contributed by atoms with Gasteiger partial charge in [-0.2, -0.15) is 0 Å². The van der Waals surface area contributed by atoms with Gasteiger partial charge in [0, 0.05) is 0 Å². The Kier molecular flexibility index (Phi) is 21.8. The Morgan fingerprint density at radius 3 is 1.37 bits per heavy atom. The Balaban J connectivity index is 3.26. The maximum absolute atomic E-state index is 3.94. The number of hydrogen-bond acceptors (Lipinski definition) is 0. The van der Waals surface area contributed by atoms with Gasteiger partial charge in [-0.05, 0) is 38.0 Å². The summed E-state index contributed by atoms with van der Waals surface area (Å²) in [5.41, 5.74) is 0. The van der Waals surface area contributed by atoms with E-state index < -0.39 is 0 Å². The molecule has 0 aromatic carbocycles. The highest BCUT2D eigenvalue weighted by Gasteiger charge is 2.04. The van der Waals surface area contributed by atoms with E-state index in [4.69, 9.17) is 0 Å². The SMILES string of the molecule is [CH2]CC=CCCCCCCCCC(C)CCCCCCC(C)CCCC[CH2]. The van der Waals surface area contributed by atoms with Gasteiger partial charge in [0.05, 0.1) is 0 Å². The maximum atomic E-state index is 3.94. The Bertz CT molecular complexity index is 290. The van der Waals surface area contributed by atoms with Crippen molar-refractivity contribution in [2.24, 2.45) is 11.8 Å². The summed E-state index contributed by atoms with van der Waals surface area (Å²) in [6, 6.07) is 0. The summed E-state index contributed by atoms with van der Waals surface area (Å²) in [7, 11) is 0. The zero-order chi connectivity index (χ0) is 20.0. The van der Waals surface area contributed by atoms with Gasteiger partial charge in [-0.3, -0.25) is 0 Å². The molecule has 0 fully saturated rings. The third kappa shape index (κ3) is 21.9. The molecule has 0 aromatic heterocycles. The van der Waals surface area contributed by atoms with Crippen molar-refractivity contribution in [3.05, 3.63) is 26.0 Å². The van der Waals surface area contributed by atoms with E-state index in [1.807, 2.05) is 0 Å². The molecule has 0 aliphatic rings. The summed E-state index contributed by atoms with van der Waals surface area (Å²) in [6.45, 7) is 12.7. The van der Waals surface area contributed by atoms with Crippen LogP contribution in [-0.4, -0.2) is 0 Å². The van der Waals surface area contributed by atoms with Crippen LogP contribution in [0.3, 0.4) is 0 Å². The summed E-state index contributed by atoms with van der Waals surface area (Å²) in [4.78, 5) is 0. The van der Waals surface area contributed by atoms with Gasteiger partial charge in [-0.15, -0.1) is 0 Å². The van der Waals surface area contributed by atoms with Gasteiger partial charge >= 0.3 is 0 Å². The molecule has 0 aromatic rings. The second-order valence-electron chi connectivity index (χ2n) is 9.01. The molecule has 2 atom stereocenters. The van der Waals surface area contributed by atoms with Crippen LogP contribution in [0.1, 0.15) is 136 Å². The predicted molar refractivity (Wildman–Crippen MR) is 126 cm³/mol. The molecule has 0 N–H and O–H groups in total. The van der Waals surface area contributed by atoms with Gasteiger partial charge in [-0.25, -0.2) is 0 Å². The van der Waals surface area contributed by atoms with E-state index in [0.29, 0.717) is 0 Å². The molecule has 2 radical (unpaired) electrons. The fourth-order valence-electron chi connectivity index (χ4n) is 4.00. The van der Waals surface area contributed by atoms with Crippen LogP contribution in [-0.2, 0) is 0 Å². The van der Waals surface area contributed by atoms with Gasteiger partial charge in [0.25, 0.3) is 0 Å². The lowest BCUT2D eigenvalue weighted by molar-refractivity contribution is 0.415. The lowest BCUT2D eigenvalue weighted by Gasteiger charge is -2.12. The van der Waals surface area contributed by atoms with Crippen molar-refractivity contribution in [2.75, 3.05) is 0 Å². The van der Waals surface area contributed by atoms with E-state index in [1.54, 1.807) is 0 Å². The van der Waals surface area contributed by atoms with Crippen LogP contribution >= 0.6 is 0 Å². The van der Waals surface area contributed by atoms with E-state index in [0.717, 1.165) is 24.7 Å². The highest BCUT2D eigenvalue weighted by atomic mass is 14.1. The van der Waals surface area contributed by atoms with Crippen LogP contribution in [0.2, 0.25) is 0 Å². The van der Waals surface area contributed by atoms with Gasteiger partial charge in [-0.1, -0.05) is 136 Å². The highest BCUT2D eigenvalue weighted by molar-refractivity contribution is 4.81. The third-order valence-corrected chi connectivity index (χ3v) is 5.99. The zero-order valence-corrected chi connectivity index (χ0v) is 19.2. The molecule has 27 heavy (non-hydrogen) atoms. The molecular weight excluding hydrogens is 324 g/mol. The largest absolute Gasteiger partial charge is 0.0885 e. The van der Waals surface area contributed by atoms with E-state index in [2.05, 4.69) is 39.8 Å². The molecule has 0 saturated heterocycles. The summed E-state index contributed by atoms with van der Waals surface area (Å²) in [5, 5.41) is 0. The van der Waals surface area contributed by atoms with E-state index in [1.165, 1.54) is 109 Å². The molecule has 0 aliphatic heterocycles. The molecule has 0 heteroatoms. The minimum absolute atomic E-state index is 0.931. The summed E-state index contributed by atoms with van der Waals surface area (Å²) >= 11 is 0. The van der Waals surface area contributed by atoms with Crippen molar-refractivity contribution in [1.82, 2.24) is 0 Å². The predicted octanol–water partition coefficient (Wildman–Crippen LogP) is 9.89. The molecule has 0 aliphatic carbocycles. The first-order valence-electron chi connectivity index (χ1n) is 12.4. The van der Waals surface area contributed by atoms with Crippen molar-refractivity contribution < 1.29 is 0 Å². The number of hydrogen-bond donors (Lipinski definition) is 0. The Hall–Kier alpha value is -0.260. The van der Waals surface area contributed by atoms with Crippen molar-refractivity contribution in [1.29, 1.82) is 0 Å². The molecule has 0 bridgehead atoms. The molecule has 0 saturated carbocycles. The first-order chi connectivity index (χ1) is 13.2. The number of unbranched alkanes of at least 4 members (excludes halogenated alkanes) is 11. The minimum Gasteiger partial charge on any atom is -0.0885 e. The first-order valence-corrected chi connectivity index (χ1v) is 12.4. The minimum atomic E-state index is 0.931. The molecule has 2 unspecified atom stereocenters. The quantitative estimate of drug-likeness (QED) is 0.138. The fraction of sp³-hybridized carbons (Fsp3) is 0.852. The third-order valence-electron chi connectivity index (χ3n) is 5.99. The molecule has 160 valence electrons. The van der Waals surface area contributed by atoms with Crippen molar-refractivity contribution in [3.63, 3.8) is 0 Å². The summed E-state index contributed by atoms with van der Waals surface area (Å²) in [5.74, 6) is 1.87. The monoisotopic (exact) mass is 376 g/mol. The van der Waals surface area contributed by atoms with E-state index >= 15 is 0 Å². The van der Waals surface area contributed by atoms with Crippen LogP contribution in [0.5, 0.6) is 0 Å². The summed E-state index contributed by atoms with van der Waals surface area (Å²) in [6.07, 6.45) is 30.6. The van der Waals surface area contributed by atoms with Crippen molar-refractivity contribution in [2.45, 2.75) is 136 Å². The highest BCUT2D eigenvalue weighted by Crippen LogP contribution is 2.20. The Morgan fingerprint density at radius 2 is 0.926 bits per heavy atom. The van der Waals surface area contributed by atoms with E-state index in [9.17, 15) is 0 Å². The van der Waals surface area contributed by atoms with E-state index in [-0.39, 0.29) is 0 Å². The van der Waals surface area contributed by atoms with Crippen molar-refractivity contribution in [3.8, 4) is 0 Å². The van der Waals surface area contributed by atoms with Crippen LogP contribution in [0.15, 0.2) is 12.2 Å². The summed E-state index contributed by atoms with van der Waals surface area (Å²) < 4.78 is 0. The number of allylic oxidation sites excluding steroid dienone is 2. The molecule has 0 heterocycles. The standard InChI is InChI=1S/C27H52/c1-5-7-9-10-11-12-13-14-15-19-23-27(4)25-21-17-16-20-24-26(3)22-18-8-6-2/h7,9,26-27H,1-2,5-6,8,10-25H2,3-4H3. The lowest BCUT2D eigenvalue weighted by atomic mass is 9.94. The molecule has 0 rings (SSSR count). The number of rotatable bonds is 21. The normalized spacial score (nSPS) is 14.1. The Morgan fingerprint density at radius 1 is 0.519 bits per heavy atom.